The van der Waals surface area contributed by atoms with Gasteiger partial charge in [0.2, 0.25) is 0 Å². The first kappa shape index (κ1) is 18.0. The van der Waals surface area contributed by atoms with Crippen molar-refractivity contribution in [2.75, 3.05) is 0 Å². The highest BCUT2D eigenvalue weighted by molar-refractivity contribution is 5.84. The largest absolute Gasteiger partial charge is 0.285 e. The Morgan fingerprint density at radius 2 is 1.67 bits per heavy atom. The number of benzene rings is 2. The fourth-order valence-corrected chi connectivity index (χ4v) is 3.45. The second-order valence-corrected chi connectivity index (χ2v) is 6.73. The molecule has 0 atom stereocenters. The molecule has 5 aromatic rings. The lowest BCUT2D eigenvalue weighted by Crippen LogP contribution is -2.20. The normalized spacial score (nSPS) is 11.5. The van der Waals surface area contributed by atoms with E-state index in [1.165, 1.54) is 28.9 Å². The zero-order valence-electron chi connectivity index (χ0n) is 15.5. The second-order valence-electron chi connectivity index (χ2n) is 6.73. The van der Waals surface area contributed by atoms with Crippen LogP contribution in [0.4, 0.5) is 13.2 Å². The lowest BCUT2D eigenvalue weighted by atomic mass is 10.1. The molecule has 3 heterocycles. The molecule has 0 spiro atoms. The molecule has 0 saturated carbocycles. The summed E-state index contributed by atoms with van der Waals surface area (Å²) < 4.78 is 42.8. The Labute approximate surface area is 166 Å². The molecule has 5 rings (SSSR count). The fraction of sp³-hybridized carbons (Fsp3) is 0.0476. The summed E-state index contributed by atoms with van der Waals surface area (Å²) in [6.45, 7) is 1.78. The van der Waals surface area contributed by atoms with Gasteiger partial charge in [-0.3, -0.25) is 9.36 Å². The van der Waals surface area contributed by atoms with E-state index in [0.717, 1.165) is 16.7 Å². The van der Waals surface area contributed by atoms with Crippen LogP contribution in [0.5, 0.6) is 0 Å². The number of hydrogen-bond acceptors (Lipinski definition) is 4. The van der Waals surface area contributed by atoms with Crippen molar-refractivity contribution in [3.8, 4) is 16.8 Å². The lowest BCUT2D eigenvalue weighted by Gasteiger charge is -2.08. The van der Waals surface area contributed by atoms with Gasteiger partial charge in [0.05, 0.1) is 16.9 Å². The summed E-state index contributed by atoms with van der Waals surface area (Å²) in [6, 6.07) is 10.7. The van der Waals surface area contributed by atoms with E-state index < -0.39 is 17.2 Å². The SMILES string of the molecule is Cc1nn2c(nnc3c(=O)n(-c4ccc(F)c(F)c4)ccc32)c1-c1ccc(F)cc1. The van der Waals surface area contributed by atoms with Gasteiger partial charge in [-0.2, -0.15) is 5.10 Å². The van der Waals surface area contributed by atoms with Crippen LogP contribution in [0, 0.1) is 24.4 Å². The third kappa shape index (κ3) is 2.66. The summed E-state index contributed by atoms with van der Waals surface area (Å²) in [5, 5.41) is 12.7. The maximum atomic E-state index is 13.6. The first-order valence-corrected chi connectivity index (χ1v) is 8.93. The number of nitrogens with zero attached hydrogens (tertiary/aromatic N) is 5. The van der Waals surface area contributed by atoms with Crippen molar-refractivity contribution in [1.82, 2.24) is 24.4 Å². The minimum Gasteiger partial charge on any atom is -0.282 e. The van der Waals surface area contributed by atoms with Gasteiger partial charge < -0.3 is 0 Å². The number of hydrogen-bond donors (Lipinski definition) is 0. The van der Waals surface area contributed by atoms with Crippen LogP contribution in [0.25, 0.3) is 33.5 Å². The van der Waals surface area contributed by atoms with Crippen LogP contribution in [0.15, 0.2) is 59.5 Å². The van der Waals surface area contributed by atoms with E-state index in [1.54, 1.807) is 25.1 Å². The van der Waals surface area contributed by atoms with Gasteiger partial charge in [0.15, 0.2) is 22.8 Å². The maximum absolute atomic E-state index is 13.6. The number of pyridine rings is 1. The third-order valence-corrected chi connectivity index (χ3v) is 4.87. The van der Waals surface area contributed by atoms with E-state index >= 15 is 0 Å². The minimum atomic E-state index is -1.06. The molecule has 0 unspecified atom stereocenters. The molecule has 30 heavy (non-hydrogen) atoms. The van der Waals surface area contributed by atoms with Crippen molar-refractivity contribution in [2.24, 2.45) is 0 Å². The predicted octanol–water partition coefficient (Wildman–Crippen LogP) is 3.82. The van der Waals surface area contributed by atoms with Gasteiger partial charge in [0.25, 0.3) is 5.56 Å². The standard InChI is InChI=1S/C21H12F3N5O/c1-11-18(12-2-4-13(22)5-3-12)20-26-25-19-17(29(20)27-11)8-9-28(21(19)30)14-6-7-15(23)16(24)10-14/h2-10H,1H3. The highest BCUT2D eigenvalue weighted by Crippen LogP contribution is 2.28. The third-order valence-electron chi connectivity index (χ3n) is 4.87. The average molecular weight is 407 g/mol. The summed E-state index contributed by atoms with van der Waals surface area (Å²) in [4.78, 5) is 12.9. The first-order valence-electron chi connectivity index (χ1n) is 8.93. The molecule has 0 N–H and O–H groups in total. The molecule has 0 aliphatic heterocycles. The highest BCUT2D eigenvalue weighted by atomic mass is 19.2. The summed E-state index contributed by atoms with van der Waals surface area (Å²) in [7, 11) is 0. The summed E-state index contributed by atoms with van der Waals surface area (Å²) >= 11 is 0. The lowest BCUT2D eigenvalue weighted by molar-refractivity contribution is 0.508. The topological polar surface area (TPSA) is 65.1 Å². The summed E-state index contributed by atoms with van der Waals surface area (Å²) in [6.07, 6.45) is 1.44. The molecular weight excluding hydrogens is 395 g/mol. The van der Waals surface area contributed by atoms with Gasteiger partial charge in [-0.25, -0.2) is 17.7 Å². The van der Waals surface area contributed by atoms with Gasteiger partial charge in [-0.1, -0.05) is 12.1 Å². The van der Waals surface area contributed by atoms with Gasteiger partial charge in [-0.15, -0.1) is 10.2 Å². The van der Waals surface area contributed by atoms with Crippen LogP contribution < -0.4 is 5.56 Å². The molecule has 0 saturated heterocycles. The Morgan fingerprint density at radius 3 is 2.40 bits per heavy atom. The van der Waals surface area contributed by atoms with Gasteiger partial charge >= 0.3 is 0 Å². The van der Waals surface area contributed by atoms with E-state index in [2.05, 4.69) is 15.3 Å². The van der Waals surface area contributed by atoms with Crippen molar-refractivity contribution in [2.45, 2.75) is 6.92 Å². The molecule has 3 aromatic heterocycles. The van der Waals surface area contributed by atoms with Crippen molar-refractivity contribution in [3.63, 3.8) is 0 Å². The van der Waals surface area contributed by atoms with E-state index in [-0.39, 0.29) is 17.0 Å². The van der Waals surface area contributed by atoms with Crippen LogP contribution in [-0.2, 0) is 0 Å². The van der Waals surface area contributed by atoms with Crippen molar-refractivity contribution in [3.05, 3.63) is 88.2 Å². The molecule has 148 valence electrons. The number of rotatable bonds is 2. The fourth-order valence-electron chi connectivity index (χ4n) is 3.45. The maximum Gasteiger partial charge on any atom is 0.285 e. The van der Waals surface area contributed by atoms with Crippen LogP contribution >= 0.6 is 0 Å². The van der Waals surface area contributed by atoms with Gasteiger partial charge in [0, 0.05) is 12.3 Å². The number of aromatic nitrogens is 5. The smallest absolute Gasteiger partial charge is 0.282 e. The molecule has 2 aromatic carbocycles. The number of aryl methyl sites for hydroxylation is 1. The second kappa shape index (κ2) is 6.51. The number of halogens is 3. The van der Waals surface area contributed by atoms with Crippen molar-refractivity contribution in [1.29, 1.82) is 0 Å². The van der Waals surface area contributed by atoms with E-state index in [4.69, 9.17) is 0 Å². The van der Waals surface area contributed by atoms with E-state index in [1.807, 2.05) is 0 Å². The molecule has 0 fully saturated rings. The van der Waals surface area contributed by atoms with E-state index in [0.29, 0.717) is 28.0 Å². The average Bonchev–Trinajstić information content (AvgIpc) is 3.07. The zero-order valence-corrected chi connectivity index (χ0v) is 15.5. The molecule has 0 bridgehead atoms. The Kier molecular flexibility index (Phi) is 3.92. The van der Waals surface area contributed by atoms with Crippen LogP contribution in [0.1, 0.15) is 5.69 Å². The van der Waals surface area contributed by atoms with Gasteiger partial charge in [-0.05, 0) is 42.8 Å². The predicted molar refractivity (Wildman–Crippen MR) is 104 cm³/mol. The molecule has 0 aliphatic rings. The molecular formula is C21H12F3N5O. The Bertz CT molecular complexity index is 1510. The van der Waals surface area contributed by atoms with Crippen molar-refractivity contribution < 1.29 is 13.2 Å². The monoisotopic (exact) mass is 407 g/mol. The molecule has 0 amide bonds. The van der Waals surface area contributed by atoms with Crippen LogP contribution in [0.3, 0.4) is 0 Å². The molecule has 9 heteroatoms. The van der Waals surface area contributed by atoms with Crippen LogP contribution in [-0.4, -0.2) is 24.4 Å². The molecule has 0 radical (unpaired) electrons. The Hall–Kier alpha value is -4.01. The number of fused-ring (bicyclic) bond motifs is 3. The van der Waals surface area contributed by atoms with Crippen LogP contribution in [0.2, 0.25) is 0 Å². The summed E-state index contributed by atoms with van der Waals surface area (Å²) in [5.41, 5.74) is 2.46. The molecule has 6 nitrogen and oxygen atoms in total. The summed E-state index contributed by atoms with van der Waals surface area (Å²) in [5.74, 6) is -2.43. The Balaban J connectivity index is 1.74. The van der Waals surface area contributed by atoms with Gasteiger partial charge in [0.1, 0.15) is 11.3 Å². The highest BCUT2D eigenvalue weighted by Gasteiger charge is 2.18. The van der Waals surface area contributed by atoms with E-state index in [9.17, 15) is 18.0 Å². The zero-order chi connectivity index (χ0) is 21.0. The first-order chi connectivity index (χ1) is 14.4. The Morgan fingerprint density at radius 1 is 0.900 bits per heavy atom. The minimum absolute atomic E-state index is 0.0166. The van der Waals surface area contributed by atoms with Crippen molar-refractivity contribution >= 4 is 16.7 Å². The quantitative estimate of drug-likeness (QED) is 0.446. The molecule has 0 aliphatic carbocycles.